The molecule has 26 heavy (non-hydrogen) atoms. The molecule has 0 aliphatic carbocycles. The maximum absolute atomic E-state index is 12.3. The smallest absolute Gasteiger partial charge is 0.226 e. The van der Waals surface area contributed by atoms with Crippen LogP contribution in [0.5, 0.6) is 0 Å². The molecule has 5 heteroatoms. The van der Waals surface area contributed by atoms with Crippen molar-refractivity contribution in [1.82, 2.24) is 4.90 Å². The minimum absolute atomic E-state index is 0.175. The van der Waals surface area contributed by atoms with Crippen LogP contribution in [0.25, 0.3) is 0 Å². The number of nitrogens with zero attached hydrogens (tertiary/aromatic N) is 1. The third kappa shape index (κ3) is 7.34. The molecule has 142 valence electrons. The summed E-state index contributed by atoms with van der Waals surface area (Å²) in [6.45, 7) is 0.955. The van der Waals surface area contributed by atoms with Crippen LogP contribution >= 0.6 is 11.8 Å². The number of carbonyl (C=O) groups excluding carboxylic acids is 2. The van der Waals surface area contributed by atoms with E-state index in [1.54, 1.807) is 0 Å². The van der Waals surface area contributed by atoms with Gasteiger partial charge < -0.3 is 10.0 Å². The predicted octanol–water partition coefficient (Wildman–Crippen LogP) is 3.59. The number of aliphatic hydroxyl groups excluding tert-OH is 1. The minimum atomic E-state index is 0.175. The van der Waals surface area contributed by atoms with Crippen molar-refractivity contribution >= 4 is 23.5 Å². The molecule has 0 bridgehead atoms. The van der Waals surface area contributed by atoms with Crippen molar-refractivity contribution < 1.29 is 14.7 Å². The molecule has 1 aliphatic rings. The van der Waals surface area contributed by atoms with E-state index in [-0.39, 0.29) is 18.3 Å². The number of hydrogen-bond donors (Lipinski definition) is 1. The van der Waals surface area contributed by atoms with Crippen LogP contribution in [-0.2, 0) is 16.0 Å². The monoisotopic (exact) mass is 375 g/mol. The molecule has 1 heterocycles. The van der Waals surface area contributed by atoms with Crippen LogP contribution in [0.15, 0.2) is 42.1 Å². The lowest BCUT2D eigenvalue weighted by Crippen LogP contribution is -2.35. The highest BCUT2D eigenvalue weighted by Gasteiger charge is 2.22. The molecule has 4 nitrogen and oxygen atoms in total. The van der Waals surface area contributed by atoms with Gasteiger partial charge in [-0.1, -0.05) is 36.4 Å². The third-order valence-electron chi connectivity index (χ3n) is 4.44. The Bertz CT molecular complexity index is 601. The summed E-state index contributed by atoms with van der Waals surface area (Å²) in [5.41, 5.74) is 2.05. The predicted molar refractivity (Wildman–Crippen MR) is 107 cm³/mol. The molecule has 0 unspecified atom stereocenters. The molecule has 2 rings (SSSR count). The van der Waals surface area contributed by atoms with Gasteiger partial charge in [0.2, 0.25) is 5.91 Å². The first-order chi connectivity index (χ1) is 12.7. The molecule has 0 atom stereocenters. The van der Waals surface area contributed by atoms with E-state index < -0.39 is 0 Å². The maximum atomic E-state index is 12.3. The number of unbranched alkanes of at least 4 members (excludes halogenated alkanes) is 1. The normalized spacial score (nSPS) is 16.3. The van der Waals surface area contributed by atoms with E-state index in [1.807, 2.05) is 53.1 Å². The fourth-order valence-electron chi connectivity index (χ4n) is 3.03. The highest BCUT2D eigenvalue weighted by Crippen LogP contribution is 2.23. The van der Waals surface area contributed by atoms with Crippen LogP contribution in [0.2, 0.25) is 0 Å². The molecule has 1 amide bonds. The second-order valence-electron chi connectivity index (χ2n) is 6.54. The lowest BCUT2D eigenvalue weighted by molar-refractivity contribution is -0.130. The molecule has 1 aromatic carbocycles. The van der Waals surface area contributed by atoms with Gasteiger partial charge in [-0.2, -0.15) is 11.8 Å². The number of Topliss-reactive ketones (excluding diaryl/α,β-unsaturated/α-hetero) is 1. The van der Waals surface area contributed by atoms with Crippen molar-refractivity contribution in [3.05, 3.63) is 47.7 Å². The number of allylic oxidation sites excluding steroid dienone is 2. The number of benzene rings is 1. The summed E-state index contributed by atoms with van der Waals surface area (Å²) in [6, 6.07) is 9.77. The first-order valence-electron chi connectivity index (χ1n) is 9.44. The van der Waals surface area contributed by atoms with Crippen LogP contribution in [-0.4, -0.2) is 46.4 Å². The average Bonchev–Trinajstić information content (AvgIpc) is 2.65. The second kappa shape index (κ2) is 11.9. The summed E-state index contributed by atoms with van der Waals surface area (Å²) in [4.78, 5) is 26.4. The largest absolute Gasteiger partial charge is 0.396 e. The number of amides is 1. The summed E-state index contributed by atoms with van der Waals surface area (Å²) < 4.78 is 0. The minimum Gasteiger partial charge on any atom is -0.396 e. The van der Waals surface area contributed by atoms with E-state index >= 15 is 0 Å². The van der Waals surface area contributed by atoms with Gasteiger partial charge >= 0.3 is 0 Å². The number of hydrogen-bond acceptors (Lipinski definition) is 4. The second-order valence-corrected chi connectivity index (χ2v) is 7.77. The molecule has 0 aromatic heterocycles. The van der Waals surface area contributed by atoms with Gasteiger partial charge in [-0.3, -0.25) is 9.59 Å². The first-order valence-corrected chi connectivity index (χ1v) is 10.6. The Balaban J connectivity index is 1.82. The quantitative estimate of drug-likeness (QED) is 0.601. The van der Waals surface area contributed by atoms with Crippen LogP contribution in [0.3, 0.4) is 0 Å². The van der Waals surface area contributed by atoms with E-state index in [0.29, 0.717) is 25.8 Å². The van der Waals surface area contributed by atoms with Crippen molar-refractivity contribution in [2.75, 3.05) is 24.7 Å². The summed E-state index contributed by atoms with van der Waals surface area (Å²) in [7, 11) is 0. The summed E-state index contributed by atoms with van der Waals surface area (Å²) in [5.74, 6) is 2.26. The highest BCUT2D eigenvalue weighted by atomic mass is 32.2. The van der Waals surface area contributed by atoms with Gasteiger partial charge in [0.15, 0.2) is 0 Å². The van der Waals surface area contributed by atoms with E-state index in [9.17, 15) is 9.59 Å². The van der Waals surface area contributed by atoms with Gasteiger partial charge in [-0.05, 0) is 37.0 Å². The summed E-state index contributed by atoms with van der Waals surface area (Å²) in [5, 5.41) is 8.80. The number of rotatable bonds is 11. The Morgan fingerprint density at radius 2 is 1.96 bits per heavy atom. The van der Waals surface area contributed by atoms with E-state index in [1.165, 1.54) is 0 Å². The van der Waals surface area contributed by atoms with Crippen molar-refractivity contribution in [3.63, 3.8) is 0 Å². The molecule has 1 saturated heterocycles. The molecule has 0 spiro atoms. The molecule has 1 N–H and O–H groups in total. The van der Waals surface area contributed by atoms with Crippen molar-refractivity contribution in [1.29, 1.82) is 0 Å². The van der Waals surface area contributed by atoms with Gasteiger partial charge in [0.05, 0.1) is 0 Å². The van der Waals surface area contributed by atoms with E-state index in [4.69, 9.17) is 5.11 Å². The molecule has 0 saturated carbocycles. The SMILES string of the molecule is O=C(CC=C1CCCC(=O)N1CCSCCCCO)Cc1ccccc1. The van der Waals surface area contributed by atoms with E-state index in [2.05, 4.69) is 0 Å². The number of piperidine rings is 1. The Labute approximate surface area is 160 Å². The van der Waals surface area contributed by atoms with Crippen LogP contribution < -0.4 is 0 Å². The van der Waals surface area contributed by atoms with Crippen molar-refractivity contribution in [3.8, 4) is 0 Å². The van der Waals surface area contributed by atoms with Crippen LogP contribution in [0.1, 0.15) is 44.1 Å². The zero-order valence-corrected chi connectivity index (χ0v) is 16.2. The Morgan fingerprint density at radius 3 is 2.73 bits per heavy atom. The summed E-state index contributed by atoms with van der Waals surface area (Å²) >= 11 is 1.82. The van der Waals surface area contributed by atoms with E-state index in [0.717, 1.165) is 48.4 Å². The Morgan fingerprint density at radius 1 is 1.15 bits per heavy atom. The Kier molecular flexibility index (Phi) is 9.50. The highest BCUT2D eigenvalue weighted by molar-refractivity contribution is 7.99. The van der Waals surface area contributed by atoms with Crippen LogP contribution in [0, 0.1) is 0 Å². The maximum Gasteiger partial charge on any atom is 0.226 e. The van der Waals surface area contributed by atoms with Crippen LogP contribution in [0.4, 0.5) is 0 Å². The molecular formula is C21H29NO3S. The van der Waals surface area contributed by atoms with Gasteiger partial charge in [-0.25, -0.2) is 0 Å². The van der Waals surface area contributed by atoms with Gasteiger partial charge in [0, 0.05) is 43.9 Å². The number of aliphatic hydroxyl groups is 1. The first kappa shape index (κ1) is 20.7. The van der Waals surface area contributed by atoms with Gasteiger partial charge in [0.1, 0.15) is 5.78 Å². The standard InChI is InChI=1S/C21H29NO3S/c23-14-4-5-15-26-16-13-22-19(9-6-10-21(22)25)11-12-20(24)17-18-7-2-1-3-8-18/h1-3,7-8,11,23H,4-6,9-10,12-17H2. The molecule has 1 fully saturated rings. The van der Waals surface area contributed by atoms with Gasteiger partial charge in [0.25, 0.3) is 0 Å². The fraction of sp³-hybridized carbons (Fsp3) is 0.524. The number of ketones is 1. The Hall–Kier alpha value is -1.59. The van der Waals surface area contributed by atoms with Crippen molar-refractivity contribution in [2.24, 2.45) is 0 Å². The molecule has 1 aromatic rings. The third-order valence-corrected chi connectivity index (χ3v) is 5.49. The zero-order chi connectivity index (χ0) is 18.6. The lowest BCUT2D eigenvalue weighted by Gasteiger charge is -2.30. The average molecular weight is 376 g/mol. The lowest BCUT2D eigenvalue weighted by atomic mass is 10.0. The van der Waals surface area contributed by atoms with Gasteiger partial charge in [-0.15, -0.1) is 0 Å². The summed E-state index contributed by atoms with van der Waals surface area (Å²) in [6.07, 6.45) is 6.98. The number of likely N-dealkylation sites (tertiary alicyclic amines) is 1. The molecule has 0 radical (unpaired) electrons. The molecule has 1 aliphatic heterocycles. The molecular weight excluding hydrogens is 346 g/mol. The number of carbonyl (C=O) groups is 2. The topological polar surface area (TPSA) is 57.6 Å². The number of thioether (sulfide) groups is 1. The fourth-order valence-corrected chi connectivity index (χ4v) is 3.96. The van der Waals surface area contributed by atoms with Crippen molar-refractivity contribution in [2.45, 2.75) is 44.9 Å². The zero-order valence-electron chi connectivity index (χ0n) is 15.4.